The van der Waals surface area contributed by atoms with Gasteiger partial charge in [0.05, 0.1) is 6.54 Å². The van der Waals surface area contributed by atoms with Gasteiger partial charge in [0.2, 0.25) is 5.91 Å². The number of carbonyl (C=O) groups is 2. The van der Waals surface area contributed by atoms with Gasteiger partial charge in [-0.2, -0.15) is 0 Å². The highest BCUT2D eigenvalue weighted by Crippen LogP contribution is 2.29. The first-order valence-corrected chi connectivity index (χ1v) is 9.15. The summed E-state index contributed by atoms with van der Waals surface area (Å²) in [5, 5.41) is 5.71. The molecule has 0 spiro atoms. The van der Waals surface area contributed by atoms with Crippen molar-refractivity contribution in [3.05, 3.63) is 30.1 Å². The van der Waals surface area contributed by atoms with Crippen molar-refractivity contribution in [2.45, 2.75) is 45.6 Å². The van der Waals surface area contributed by atoms with Crippen LogP contribution in [0.2, 0.25) is 0 Å². The lowest BCUT2D eigenvalue weighted by molar-refractivity contribution is -0.128. The molecule has 0 bridgehead atoms. The molecule has 1 aliphatic carbocycles. The number of urea groups is 1. The average Bonchev–Trinajstić information content (AvgIpc) is 2.62. The van der Waals surface area contributed by atoms with Gasteiger partial charge in [-0.25, -0.2) is 4.79 Å². The summed E-state index contributed by atoms with van der Waals surface area (Å²) < 4.78 is 0. The molecular weight excluding hydrogens is 316 g/mol. The van der Waals surface area contributed by atoms with E-state index in [-0.39, 0.29) is 24.5 Å². The lowest BCUT2D eigenvalue weighted by Gasteiger charge is -2.34. The van der Waals surface area contributed by atoms with E-state index in [1.54, 1.807) is 18.1 Å². The van der Waals surface area contributed by atoms with Crippen LogP contribution in [-0.2, 0) is 11.2 Å². The smallest absolute Gasteiger partial charge is 0.315 e. The number of rotatable bonds is 6. The molecule has 138 valence electrons. The average molecular weight is 346 g/mol. The van der Waals surface area contributed by atoms with Gasteiger partial charge in [0.1, 0.15) is 0 Å². The first-order chi connectivity index (χ1) is 12.0. The standard InChI is InChI=1S/C19H30N4O2/c1-14-7-6-9-17(15(14)2)22-19(25)21-13-18(24)23(3)12-10-16-8-4-5-11-20-16/h4-5,8,11,14-15,17H,6-7,9-10,12-13H2,1-3H3,(H2,21,22,25). The van der Waals surface area contributed by atoms with E-state index in [2.05, 4.69) is 29.5 Å². The third kappa shape index (κ3) is 6.03. The molecular formula is C19H30N4O2. The molecule has 6 heteroatoms. The highest BCUT2D eigenvalue weighted by atomic mass is 16.2. The van der Waals surface area contributed by atoms with Gasteiger partial charge in [0.25, 0.3) is 0 Å². The van der Waals surface area contributed by atoms with Gasteiger partial charge < -0.3 is 15.5 Å². The van der Waals surface area contributed by atoms with Gasteiger partial charge in [-0.1, -0.05) is 32.8 Å². The summed E-state index contributed by atoms with van der Waals surface area (Å²) in [6.45, 7) is 5.01. The molecule has 1 aromatic heterocycles. The molecule has 3 amide bonds. The van der Waals surface area contributed by atoms with Gasteiger partial charge in [-0.3, -0.25) is 9.78 Å². The monoisotopic (exact) mass is 346 g/mol. The van der Waals surface area contributed by atoms with Crippen molar-refractivity contribution in [1.29, 1.82) is 0 Å². The number of amides is 3. The number of hydrogen-bond donors (Lipinski definition) is 2. The van der Waals surface area contributed by atoms with E-state index in [1.165, 1.54) is 6.42 Å². The zero-order valence-corrected chi connectivity index (χ0v) is 15.5. The predicted molar refractivity (Wildman–Crippen MR) is 98.1 cm³/mol. The highest BCUT2D eigenvalue weighted by Gasteiger charge is 2.28. The van der Waals surface area contributed by atoms with Crippen LogP contribution >= 0.6 is 0 Å². The van der Waals surface area contributed by atoms with Gasteiger partial charge in [0, 0.05) is 37.9 Å². The van der Waals surface area contributed by atoms with Crippen molar-refractivity contribution in [3.8, 4) is 0 Å². The van der Waals surface area contributed by atoms with E-state index in [0.29, 0.717) is 24.8 Å². The largest absolute Gasteiger partial charge is 0.344 e. The van der Waals surface area contributed by atoms with Crippen LogP contribution in [0, 0.1) is 11.8 Å². The maximum Gasteiger partial charge on any atom is 0.315 e. The molecule has 1 saturated carbocycles. The summed E-state index contributed by atoms with van der Waals surface area (Å²) >= 11 is 0. The van der Waals surface area contributed by atoms with Gasteiger partial charge >= 0.3 is 6.03 Å². The SMILES string of the molecule is CC1CCCC(NC(=O)NCC(=O)N(C)CCc2ccccn2)C1C. The quantitative estimate of drug-likeness (QED) is 0.829. The Morgan fingerprint density at radius 1 is 1.28 bits per heavy atom. The topological polar surface area (TPSA) is 74.3 Å². The first-order valence-electron chi connectivity index (χ1n) is 9.15. The minimum atomic E-state index is -0.252. The molecule has 3 atom stereocenters. The first kappa shape index (κ1) is 19.2. The van der Waals surface area contributed by atoms with E-state index in [0.717, 1.165) is 18.5 Å². The summed E-state index contributed by atoms with van der Waals surface area (Å²) in [5.41, 5.74) is 0.952. The van der Waals surface area contributed by atoms with Crippen LogP contribution in [0.25, 0.3) is 0 Å². The van der Waals surface area contributed by atoms with Crippen LogP contribution in [-0.4, -0.2) is 48.0 Å². The molecule has 0 radical (unpaired) electrons. The lowest BCUT2D eigenvalue weighted by atomic mass is 9.78. The molecule has 3 unspecified atom stereocenters. The molecule has 2 rings (SSSR count). The second-order valence-electron chi connectivity index (χ2n) is 7.09. The Morgan fingerprint density at radius 2 is 2.08 bits per heavy atom. The second kappa shape index (κ2) is 9.39. The minimum absolute atomic E-state index is 0.0151. The van der Waals surface area contributed by atoms with E-state index in [9.17, 15) is 9.59 Å². The Morgan fingerprint density at radius 3 is 2.80 bits per heavy atom. The van der Waals surface area contributed by atoms with Crippen LogP contribution in [0.5, 0.6) is 0 Å². The Labute approximate surface area is 150 Å². The Balaban J connectivity index is 1.68. The molecule has 1 heterocycles. The third-order valence-electron chi connectivity index (χ3n) is 5.28. The Hall–Kier alpha value is -2.11. The van der Waals surface area contributed by atoms with Crippen LogP contribution < -0.4 is 10.6 Å². The van der Waals surface area contributed by atoms with Crippen molar-refractivity contribution < 1.29 is 9.59 Å². The highest BCUT2D eigenvalue weighted by molar-refractivity contribution is 5.83. The second-order valence-corrected chi connectivity index (χ2v) is 7.09. The molecule has 1 aromatic rings. The summed E-state index contributed by atoms with van der Waals surface area (Å²) in [6, 6.07) is 5.69. The molecule has 2 N–H and O–H groups in total. The van der Waals surface area contributed by atoms with Crippen molar-refractivity contribution >= 4 is 11.9 Å². The number of carbonyl (C=O) groups excluding carboxylic acids is 2. The van der Waals surface area contributed by atoms with E-state index >= 15 is 0 Å². The normalized spacial score (nSPS) is 22.9. The van der Waals surface area contributed by atoms with Crippen LogP contribution in [0.15, 0.2) is 24.4 Å². The maximum absolute atomic E-state index is 12.1. The number of nitrogens with zero attached hydrogens (tertiary/aromatic N) is 2. The molecule has 1 aliphatic rings. The maximum atomic E-state index is 12.1. The molecule has 1 fully saturated rings. The van der Waals surface area contributed by atoms with Gasteiger partial charge in [0.15, 0.2) is 0 Å². The van der Waals surface area contributed by atoms with E-state index < -0.39 is 0 Å². The zero-order chi connectivity index (χ0) is 18.2. The zero-order valence-electron chi connectivity index (χ0n) is 15.5. The Bertz CT molecular complexity index is 564. The summed E-state index contributed by atoms with van der Waals surface area (Å²) in [4.78, 5) is 30.1. The third-order valence-corrected chi connectivity index (χ3v) is 5.28. The number of pyridine rings is 1. The fourth-order valence-corrected chi connectivity index (χ4v) is 3.25. The fraction of sp³-hybridized carbons (Fsp3) is 0.632. The van der Waals surface area contributed by atoms with Gasteiger partial charge in [-0.15, -0.1) is 0 Å². The van der Waals surface area contributed by atoms with Crippen molar-refractivity contribution in [2.75, 3.05) is 20.1 Å². The van der Waals surface area contributed by atoms with Crippen LogP contribution in [0.4, 0.5) is 4.79 Å². The predicted octanol–water partition coefficient (Wildman–Crippen LogP) is 2.21. The lowest BCUT2D eigenvalue weighted by Crippen LogP contribution is -2.49. The minimum Gasteiger partial charge on any atom is -0.344 e. The molecule has 0 aromatic carbocycles. The molecule has 0 saturated heterocycles. The van der Waals surface area contributed by atoms with Gasteiger partial charge in [-0.05, 0) is 30.4 Å². The van der Waals surface area contributed by atoms with Crippen molar-refractivity contribution in [2.24, 2.45) is 11.8 Å². The summed E-state index contributed by atoms with van der Waals surface area (Å²) in [7, 11) is 1.75. The Kier molecular flexibility index (Phi) is 7.22. The fourth-order valence-electron chi connectivity index (χ4n) is 3.25. The summed E-state index contributed by atoms with van der Waals surface area (Å²) in [5.74, 6) is 0.991. The van der Waals surface area contributed by atoms with E-state index in [1.807, 2.05) is 18.2 Å². The summed E-state index contributed by atoms with van der Waals surface area (Å²) in [6.07, 6.45) is 5.83. The van der Waals surface area contributed by atoms with Crippen molar-refractivity contribution in [1.82, 2.24) is 20.5 Å². The number of aromatic nitrogens is 1. The van der Waals surface area contributed by atoms with Crippen LogP contribution in [0.1, 0.15) is 38.8 Å². The molecule has 0 aliphatic heterocycles. The van der Waals surface area contributed by atoms with E-state index in [4.69, 9.17) is 0 Å². The van der Waals surface area contributed by atoms with Crippen LogP contribution in [0.3, 0.4) is 0 Å². The number of likely N-dealkylation sites (N-methyl/N-ethyl adjacent to an activating group) is 1. The van der Waals surface area contributed by atoms with Crippen molar-refractivity contribution in [3.63, 3.8) is 0 Å². The molecule has 6 nitrogen and oxygen atoms in total. The molecule has 25 heavy (non-hydrogen) atoms. The number of nitrogens with one attached hydrogen (secondary N) is 2. The number of hydrogen-bond acceptors (Lipinski definition) is 3.